The molecule has 0 fully saturated rings. The van der Waals surface area contributed by atoms with Crippen LogP contribution in [0.4, 0.5) is 0 Å². The number of nitrogens with zero attached hydrogens (tertiary/aromatic N) is 8. The number of ether oxygens (including phenoxy) is 2. The van der Waals surface area contributed by atoms with Crippen molar-refractivity contribution in [1.29, 1.82) is 0 Å². The Kier molecular flexibility index (Phi) is 6.02. The highest BCUT2D eigenvalue weighted by atomic mass is 35.5. The molecule has 4 heterocycles. The lowest BCUT2D eigenvalue weighted by Gasteiger charge is -2.15. The van der Waals surface area contributed by atoms with Gasteiger partial charge in [0.25, 0.3) is 0 Å². The van der Waals surface area contributed by atoms with Crippen molar-refractivity contribution in [2.45, 2.75) is 39.0 Å². The molecule has 5 rings (SSSR count). The van der Waals surface area contributed by atoms with E-state index in [-0.39, 0.29) is 11.8 Å². The molecule has 0 saturated heterocycles. The highest BCUT2D eigenvalue weighted by Crippen LogP contribution is 2.29. The van der Waals surface area contributed by atoms with Crippen LogP contribution >= 0.6 is 11.6 Å². The standard InChI is InChI=1S/C21H23ClN8O3Si/c1-34(2,3)9-8-31-13-29-18(23-12-24-29)11-32-21-15-7-5-4-6-14(15)19-25-26-20(30(19)27-21)16-10-17(22)33-28-16/h4-7,10,12H,8-9,11,13H2,1-3H3. The van der Waals surface area contributed by atoms with E-state index in [1.165, 1.54) is 6.33 Å². The SMILES string of the molecule is C[Si](C)(C)CCOCn1ncnc1COc1nn2c(-c3cc(Cl)on3)nnc2c2ccccc12. The summed E-state index contributed by atoms with van der Waals surface area (Å²) >= 11 is 5.89. The predicted octanol–water partition coefficient (Wildman–Crippen LogP) is 4.07. The summed E-state index contributed by atoms with van der Waals surface area (Å²) in [4.78, 5) is 4.32. The van der Waals surface area contributed by atoms with Crippen molar-refractivity contribution >= 4 is 36.1 Å². The average Bonchev–Trinajstić information content (AvgIpc) is 3.54. The largest absolute Gasteiger partial charge is 0.468 e. The first-order valence-electron chi connectivity index (χ1n) is 10.7. The molecule has 0 amide bonds. The first-order valence-corrected chi connectivity index (χ1v) is 14.8. The Balaban J connectivity index is 1.41. The van der Waals surface area contributed by atoms with Gasteiger partial charge in [-0.05, 0) is 23.7 Å². The molecule has 5 aromatic rings. The predicted molar refractivity (Wildman–Crippen MR) is 127 cm³/mol. The summed E-state index contributed by atoms with van der Waals surface area (Å²) in [7, 11) is -1.16. The van der Waals surface area contributed by atoms with Crippen molar-refractivity contribution in [1.82, 2.24) is 39.7 Å². The second-order valence-corrected chi connectivity index (χ2v) is 14.9. The Labute approximate surface area is 200 Å². The quantitative estimate of drug-likeness (QED) is 0.219. The molecule has 0 aliphatic carbocycles. The lowest BCUT2D eigenvalue weighted by molar-refractivity contribution is 0.0732. The van der Waals surface area contributed by atoms with Gasteiger partial charge in [0.2, 0.25) is 16.9 Å². The summed E-state index contributed by atoms with van der Waals surface area (Å²) in [6.45, 7) is 8.13. The third kappa shape index (κ3) is 4.65. The van der Waals surface area contributed by atoms with E-state index in [4.69, 9.17) is 25.6 Å². The summed E-state index contributed by atoms with van der Waals surface area (Å²) in [6, 6.07) is 10.3. The first-order chi connectivity index (χ1) is 16.4. The van der Waals surface area contributed by atoms with Gasteiger partial charge >= 0.3 is 0 Å². The van der Waals surface area contributed by atoms with E-state index in [2.05, 4.69) is 50.2 Å². The van der Waals surface area contributed by atoms with Crippen LogP contribution in [-0.4, -0.2) is 54.4 Å². The maximum absolute atomic E-state index is 6.11. The summed E-state index contributed by atoms with van der Waals surface area (Å²) < 4.78 is 20.1. The molecule has 13 heteroatoms. The Morgan fingerprint density at radius 1 is 1.12 bits per heavy atom. The molecule has 0 aliphatic rings. The van der Waals surface area contributed by atoms with Gasteiger partial charge in [-0.3, -0.25) is 0 Å². The number of fused-ring (bicyclic) bond motifs is 3. The van der Waals surface area contributed by atoms with Crippen LogP contribution in [0.15, 0.2) is 41.2 Å². The van der Waals surface area contributed by atoms with E-state index in [0.717, 1.165) is 16.8 Å². The fourth-order valence-corrected chi connectivity index (χ4v) is 4.24. The molecule has 0 aliphatic heterocycles. The minimum absolute atomic E-state index is 0.149. The summed E-state index contributed by atoms with van der Waals surface area (Å²) in [5.41, 5.74) is 0.984. The third-order valence-electron chi connectivity index (χ3n) is 5.18. The zero-order chi connectivity index (χ0) is 23.7. The zero-order valence-corrected chi connectivity index (χ0v) is 20.7. The minimum atomic E-state index is -1.16. The van der Waals surface area contributed by atoms with Gasteiger partial charge in [-0.2, -0.15) is 9.61 Å². The number of rotatable bonds is 9. The normalized spacial score (nSPS) is 12.1. The third-order valence-corrected chi connectivity index (χ3v) is 7.07. The summed E-state index contributed by atoms with van der Waals surface area (Å²) in [5.74, 6) is 1.42. The number of benzene rings is 1. The zero-order valence-electron chi connectivity index (χ0n) is 19.0. The average molecular weight is 499 g/mol. The number of hydrogen-bond acceptors (Lipinski definition) is 9. The van der Waals surface area contributed by atoms with Crippen LogP contribution < -0.4 is 4.74 Å². The van der Waals surface area contributed by atoms with E-state index < -0.39 is 8.07 Å². The molecule has 0 radical (unpaired) electrons. The van der Waals surface area contributed by atoms with E-state index in [0.29, 0.717) is 42.2 Å². The summed E-state index contributed by atoms with van der Waals surface area (Å²) in [5, 5.41) is 23.1. The molecule has 0 unspecified atom stereocenters. The monoisotopic (exact) mass is 498 g/mol. The van der Waals surface area contributed by atoms with Crippen LogP contribution in [0.3, 0.4) is 0 Å². The first kappa shape index (κ1) is 22.4. The molecule has 0 spiro atoms. The van der Waals surface area contributed by atoms with E-state index in [1.807, 2.05) is 24.3 Å². The van der Waals surface area contributed by atoms with Crippen LogP contribution in [0.1, 0.15) is 5.82 Å². The fraction of sp³-hybridized carbons (Fsp3) is 0.333. The van der Waals surface area contributed by atoms with Crippen molar-refractivity contribution in [2.75, 3.05) is 6.61 Å². The molecular formula is C21H23ClN8O3Si. The van der Waals surface area contributed by atoms with Gasteiger partial charge in [0.05, 0.1) is 0 Å². The van der Waals surface area contributed by atoms with Crippen LogP contribution in [0, 0.1) is 0 Å². The van der Waals surface area contributed by atoms with Gasteiger partial charge in [0.1, 0.15) is 19.7 Å². The number of halogens is 1. The minimum Gasteiger partial charge on any atom is -0.468 e. The second-order valence-electron chi connectivity index (χ2n) is 8.94. The maximum Gasteiger partial charge on any atom is 0.240 e. The van der Waals surface area contributed by atoms with E-state index in [9.17, 15) is 0 Å². The Hall–Kier alpha value is -3.35. The van der Waals surface area contributed by atoms with Gasteiger partial charge in [0.15, 0.2) is 17.2 Å². The lowest BCUT2D eigenvalue weighted by Crippen LogP contribution is -2.22. The van der Waals surface area contributed by atoms with Crippen LogP contribution in [-0.2, 0) is 18.1 Å². The number of aromatic nitrogens is 8. The van der Waals surface area contributed by atoms with Crippen LogP contribution in [0.2, 0.25) is 30.9 Å². The lowest BCUT2D eigenvalue weighted by atomic mass is 10.2. The van der Waals surface area contributed by atoms with Gasteiger partial charge in [-0.25, -0.2) is 9.67 Å². The van der Waals surface area contributed by atoms with Gasteiger partial charge < -0.3 is 14.0 Å². The molecule has 0 N–H and O–H groups in total. The molecule has 0 bridgehead atoms. The Morgan fingerprint density at radius 2 is 1.94 bits per heavy atom. The van der Waals surface area contributed by atoms with Crippen molar-refractivity contribution in [3.63, 3.8) is 0 Å². The number of hydrogen-bond donors (Lipinski definition) is 0. The molecule has 176 valence electrons. The second kappa shape index (κ2) is 9.12. The molecule has 4 aromatic heterocycles. The Morgan fingerprint density at radius 3 is 2.71 bits per heavy atom. The van der Waals surface area contributed by atoms with Gasteiger partial charge in [-0.1, -0.05) is 43.0 Å². The summed E-state index contributed by atoms with van der Waals surface area (Å²) in [6.07, 6.45) is 1.49. The van der Waals surface area contributed by atoms with Crippen molar-refractivity contribution in [3.05, 3.63) is 47.7 Å². The Bertz CT molecular complexity index is 1440. The molecule has 0 saturated carbocycles. The maximum atomic E-state index is 6.11. The highest BCUT2D eigenvalue weighted by molar-refractivity contribution is 6.76. The molecule has 0 atom stereocenters. The van der Waals surface area contributed by atoms with Crippen molar-refractivity contribution < 1.29 is 14.0 Å². The molecule has 1 aromatic carbocycles. The van der Waals surface area contributed by atoms with Crippen molar-refractivity contribution in [3.8, 4) is 17.4 Å². The van der Waals surface area contributed by atoms with Gasteiger partial charge in [0, 0.05) is 31.5 Å². The van der Waals surface area contributed by atoms with Crippen LogP contribution in [0.5, 0.6) is 5.88 Å². The van der Waals surface area contributed by atoms with E-state index >= 15 is 0 Å². The van der Waals surface area contributed by atoms with Gasteiger partial charge in [-0.15, -0.1) is 15.3 Å². The van der Waals surface area contributed by atoms with E-state index in [1.54, 1.807) is 15.3 Å². The van der Waals surface area contributed by atoms with Crippen LogP contribution in [0.25, 0.3) is 27.9 Å². The highest BCUT2D eigenvalue weighted by Gasteiger charge is 2.19. The molecule has 11 nitrogen and oxygen atoms in total. The molecule has 34 heavy (non-hydrogen) atoms. The van der Waals surface area contributed by atoms with Crippen molar-refractivity contribution in [2.24, 2.45) is 0 Å². The fourth-order valence-electron chi connectivity index (χ4n) is 3.35. The molecular weight excluding hydrogens is 476 g/mol. The smallest absolute Gasteiger partial charge is 0.240 e. The topological polar surface area (TPSA) is 118 Å².